The van der Waals surface area contributed by atoms with Gasteiger partial charge in [-0.3, -0.25) is 28.8 Å². The van der Waals surface area contributed by atoms with Gasteiger partial charge in [0.25, 0.3) is 5.69 Å². The van der Waals surface area contributed by atoms with Crippen molar-refractivity contribution < 1.29 is 24.0 Å². The Balaban J connectivity index is 2.54. The summed E-state index contributed by atoms with van der Waals surface area (Å²) < 4.78 is 12.7. The van der Waals surface area contributed by atoms with Gasteiger partial charge in [-0.2, -0.15) is 0 Å². The number of esters is 2. The van der Waals surface area contributed by atoms with Gasteiger partial charge in [0.2, 0.25) is 0 Å². The van der Waals surface area contributed by atoms with E-state index >= 15 is 0 Å². The number of carbonyl (C=O) groups excluding carboxylic acids is 2. The topological polar surface area (TPSA) is 123 Å². The summed E-state index contributed by atoms with van der Waals surface area (Å²) in [6.07, 6.45) is 0. The molecule has 29 heavy (non-hydrogen) atoms. The summed E-state index contributed by atoms with van der Waals surface area (Å²) in [6.45, 7) is 9.30. The first-order chi connectivity index (χ1) is 13.2. The molecule has 0 aliphatic rings. The predicted octanol–water partition coefficient (Wildman–Crippen LogP) is 2.39. The number of non-ortho nitro benzene ring substituents is 1. The standard InChI is InChI=1S/C19H25N3O7/c1-18(2,3)28-15(23)10-20-13-8-7-12(22(26)27)9-14(13)21(17(20)25)11-16(24)29-19(4,5)6/h7-9H,10-11H2,1-6H3. The summed E-state index contributed by atoms with van der Waals surface area (Å²) in [5, 5.41) is 11.1. The lowest BCUT2D eigenvalue weighted by molar-refractivity contribution is -0.384. The highest BCUT2D eigenvalue weighted by molar-refractivity contribution is 5.82. The van der Waals surface area contributed by atoms with Crippen molar-refractivity contribution in [1.82, 2.24) is 9.13 Å². The number of rotatable bonds is 5. The Morgan fingerprint density at radius 2 is 1.38 bits per heavy atom. The molecule has 0 radical (unpaired) electrons. The van der Waals surface area contributed by atoms with Crippen molar-refractivity contribution in [1.29, 1.82) is 0 Å². The van der Waals surface area contributed by atoms with E-state index in [2.05, 4.69) is 0 Å². The van der Waals surface area contributed by atoms with Crippen molar-refractivity contribution in [2.45, 2.75) is 65.8 Å². The molecule has 0 saturated heterocycles. The molecule has 0 aliphatic heterocycles. The number of fused-ring (bicyclic) bond motifs is 1. The molecule has 158 valence electrons. The minimum absolute atomic E-state index is 0.151. The Hall–Kier alpha value is -3.17. The van der Waals surface area contributed by atoms with Crippen LogP contribution in [0.2, 0.25) is 0 Å². The van der Waals surface area contributed by atoms with Crippen molar-refractivity contribution in [3.8, 4) is 0 Å². The number of imidazole rings is 1. The van der Waals surface area contributed by atoms with Crippen LogP contribution in [0.15, 0.2) is 23.0 Å². The van der Waals surface area contributed by atoms with E-state index in [-0.39, 0.29) is 16.7 Å². The zero-order valence-corrected chi connectivity index (χ0v) is 17.3. The van der Waals surface area contributed by atoms with Crippen molar-refractivity contribution in [2.24, 2.45) is 0 Å². The second-order valence-corrected chi connectivity index (χ2v) is 8.56. The fourth-order valence-corrected chi connectivity index (χ4v) is 2.73. The number of hydrogen-bond acceptors (Lipinski definition) is 7. The van der Waals surface area contributed by atoms with Gasteiger partial charge in [-0.25, -0.2) is 4.79 Å². The molecule has 0 saturated carbocycles. The zero-order valence-electron chi connectivity index (χ0n) is 17.3. The molecule has 10 heteroatoms. The third-order valence-corrected chi connectivity index (χ3v) is 3.63. The molecule has 1 aromatic heterocycles. The Bertz CT molecular complexity index is 1020. The van der Waals surface area contributed by atoms with Crippen LogP contribution in [0.1, 0.15) is 41.5 Å². The maximum absolute atomic E-state index is 12.9. The SMILES string of the molecule is CC(C)(C)OC(=O)Cn1c(=O)n(CC(=O)OC(C)(C)C)c2cc([N+](=O)[O-])ccc21. The zero-order chi connectivity index (χ0) is 22.1. The van der Waals surface area contributed by atoms with Crippen LogP contribution in [0.25, 0.3) is 11.0 Å². The van der Waals surface area contributed by atoms with Gasteiger partial charge >= 0.3 is 17.6 Å². The number of ether oxygens (including phenoxy) is 2. The molecular formula is C19H25N3O7. The van der Waals surface area contributed by atoms with Gasteiger partial charge in [0.1, 0.15) is 24.3 Å². The first-order valence-electron chi connectivity index (χ1n) is 8.99. The Morgan fingerprint density at radius 3 is 1.79 bits per heavy atom. The highest BCUT2D eigenvalue weighted by atomic mass is 16.6. The van der Waals surface area contributed by atoms with Crippen LogP contribution >= 0.6 is 0 Å². The number of benzene rings is 1. The van der Waals surface area contributed by atoms with Crippen LogP contribution in [0.4, 0.5) is 5.69 Å². The van der Waals surface area contributed by atoms with E-state index < -0.39 is 46.8 Å². The molecule has 1 heterocycles. The number of aromatic nitrogens is 2. The lowest BCUT2D eigenvalue weighted by atomic mass is 10.2. The van der Waals surface area contributed by atoms with Crippen LogP contribution in [-0.4, -0.2) is 37.2 Å². The number of nitro groups is 1. The van der Waals surface area contributed by atoms with Crippen LogP contribution in [0.3, 0.4) is 0 Å². The number of nitrogens with zero attached hydrogens (tertiary/aromatic N) is 3. The average Bonchev–Trinajstić information content (AvgIpc) is 2.76. The number of carbonyl (C=O) groups is 2. The van der Waals surface area contributed by atoms with Gasteiger partial charge in [0, 0.05) is 12.1 Å². The number of nitro benzene ring substituents is 1. The van der Waals surface area contributed by atoms with Crippen LogP contribution in [0, 0.1) is 10.1 Å². The van der Waals surface area contributed by atoms with E-state index in [9.17, 15) is 24.5 Å². The van der Waals surface area contributed by atoms with Crippen LogP contribution in [0.5, 0.6) is 0 Å². The summed E-state index contributed by atoms with van der Waals surface area (Å²) in [7, 11) is 0. The second-order valence-electron chi connectivity index (χ2n) is 8.56. The molecule has 0 spiro atoms. The summed E-state index contributed by atoms with van der Waals surface area (Å²) in [5.74, 6) is -1.32. The molecule has 2 rings (SSSR count). The van der Waals surface area contributed by atoms with Crippen molar-refractivity contribution in [2.75, 3.05) is 0 Å². The Morgan fingerprint density at radius 1 is 0.931 bits per heavy atom. The van der Waals surface area contributed by atoms with Gasteiger partial charge in [-0.1, -0.05) is 0 Å². The molecule has 2 aromatic rings. The summed E-state index contributed by atoms with van der Waals surface area (Å²) >= 11 is 0. The molecule has 0 bridgehead atoms. The summed E-state index contributed by atoms with van der Waals surface area (Å²) in [6, 6.07) is 3.78. The molecule has 0 aliphatic carbocycles. The molecule has 0 fully saturated rings. The largest absolute Gasteiger partial charge is 0.459 e. The second kappa shape index (κ2) is 7.69. The van der Waals surface area contributed by atoms with Crippen molar-refractivity contribution >= 4 is 28.7 Å². The minimum Gasteiger partial charge on any atom is -0.459 e. The van der Waals surface area contributed by atoms with E-state index in [4.69, 9.17) is 9.47 Å². The third-order valence-electron chi connectivity index (χ3n) is 3.63. The maximum atomic E-state index is 12.9. The molecule has 0 N–H and O–H groups in total. The molecule has 0 unspecified atom stereocenters. The molecular weight excluding hydrogens is 382 g/mol. The van der Waals surface area contributed by atoms with E-state index in [1.807, 2.05) is 0 Å². The van der Waals surface area contributed by atoms with Crippen LogP contribution in [-0.2, 0) is 32.2 Å². The average molecular weight is 407 g/mol. The Labute approximate surface area is 167 Å². The fourth-order valence-electron chi connectivity index (χ4n) is 2.73. The number of hydrogen-bond donors (Lipinski definition) is 0. The normalized spacial score (nSPS) is 12.1. The van der Waals surface area contributed by atoms with E-state index in [1.54, 1.807) is 41.5 Å². The summed E-state index contributed by atoms with van der Waals surface area (Å²) in [4.78, 5) is 47.9. The highest BCUT2D eigenvalue weighted by Gasteiger charge is 2.24. The molecule has 10 nitrogen and oxygen atoms in total. The van der Waals surface area contributed by atoms with Crippen LogP contribution < -0.4 is 5.69 Å². The fraction of sp³-hybridized carbons (Fsp3) is 0.526. The van der Waals surface area contributed by atoms with Gasteiger partial charge in [-0.15, -0.1) is 0 Å². The first-order valence-corrected chi connectivity index (χ1v) is 8.99. The molecule has 0 amide bonds. The predicted molar refractivity (Wildman–Crippen MR) is 105 cm³/mol. The third kappa shape index (κ3) is 5.66. The van der Waals surface area contributed by atoms with Crippen molar-refractivity contribution in [3.63, 3.8) is 0 Å². The van der Waals surface area contributed by atoms with Gasteiger partial charge in [0.05, 0.1) is 16.0 Å². The van der Waals surface area contributed by atoms with E-state index in [0.717, 1.165) is 9.13 Å². The minimum atomic E-state index is -0.762. The summed E-state index contributed by atoms with van der Waals surface area (Å²) in [5.41, 5.74) is -1.99. The first kappa shape index (κ1) is 22.1. The van der Waals surface area contributed by atoms with Gasteiger partial charge in [-0.05, 0) is 47.6 Å². The smallest absolute Gasteiger partial charge is 0.330 e. The van der Waals surface area contributed by atoms with Crippen molar-refractivity contribution in [3.05, 3.63) is 38.8 Å². The molecule has 1 aromatic carbocycles. The lowest BCUT2D eigenvalue weighted by Gasteiger charge is -2.19. The Kier molecular flexibility index (Phi) is 5.86. The maximum Gasteiger partial charge on any atom is 0.330 e. The van der Waals surface area contributed by atoms with Gasteiger partial charge in [0.15, 0.2) is 0 Å². The van der Waals surface area contributed by atoms with E-state index in [0.29, 0.717) is 0 Å². The quantitative estimate of drug-likeness (QED) is 0.423. The van der Waals surface area contributed by atoms with E-state index in [1.165, 1.54) is 18.2 Å². The molecule has 0 atom stereocenters. The van der Waals surface area contributed by atoms with Gasteiger partial charge < -0.3 is 9.47 Å². The lowest BCUT2D eigenvalue weighted by Crippen LogP contribution is -2.33. The highest BCUT2D eigenvalue weighted by Crippen LogP contribution is 2.21. The monoisotopic (exact) mass is 407 g/mol.